The molecule has 0 heteroatoms. The average Bonchev–Trinajstić information content (AvgIpc) is 3.05. The van der Waals surface area contributed by atoms with Crippen molar-refractivity contribution in [1.82, 2.24) is 0 Å². The van der Waals surface area contributed by atoms with Gasteiger partial charge in [0.15, 0.2) is 0 Å². The van der Waals surface area contributed by atoms with Crippen LogP contribution in [0.3, 0.4) is 0 Å². The highest BCUT2D eigenvalue weighted by molar-refractivity contribution is 4.98. The monoisotopic (exact) mass is 220 g/mol. The molecular formula is C16H28. The number of hydrogen-bond donors (Lipinski definition) is 0. The smallest absolute Gasteiger partial charge is 0.0354 e. The van der Waals surface area contributed by atoms with Crippen LogP contribution < -0.4 is 0 Å². The van der Waals surface area contributed by atoms with Gasteiger partial charge < -0.3 is 0 Å². The summed E-state index contributed by atoms with van der Waals surface area (Å²) in [6, 6.07) is 0. The van der Waals surface area contributed by atoms with Crippen molar-refractivity contribution >= 4 is 0 Å². The van der Waals surface area contributed by atoms with Crippen molar-refractivity contribution in [2.45, 2.75) is 65.7 Å². The molecule has 92 valence electrons. The zero-order valence-corrected chi connectivity index (χ0v) is 11.3. The summed E-state index contributed by atoms with van der Waals surface area (Å²) >= 11 is 0. The van der Waals surface area contributed by atoms with E-state index in [1.165, 1.54) is 31.1 Å². The summed E-state index contributed by atoms with van der Waals surface area (Å²) in [5.74, 6) is 5.78. The quantitative estimate of drug-likeness (QED) is 0.545. The lowest BCUT2D eigenvalue weighted by molar-refractivity contribution is 0.227. The van der Waals surface area contributed by atoms with E-state index >= 15 is 0 Å². The zero-order chi connectivity index (χ0) is 11.3. The summed E-state index contributed by atoms with van der Waals surface area (Å²) in [6.07, 6.45) is 10.9. The minimum absolute atomic E-state index is 0.591. The van der Waals surface area contributed by atoms with Gasteiger partial charge in [-0.25, -0.2) is 0 Å². The van der Waals surface area contributed by atoms with E-state index in [9.17, 15) is 0 Å². The molecule has 4 aliphatic carbocycles. The van der Waals surface area contributed by atoms with Crippen LogP contribution in [0.1, 0.15) is 65.7 Å². The molecule has 0 nitrogen and oxygen atoms in total. The predicted molar refractivity (Wildman–Crippen MR) is 69.2 cm³/mol. The van der Waals surface area contributed by atoms with E-state index in [0.29, 0.717) is 5.41 Å². The van der Waals surface area contributed by atoms with Gasteiger partial charge in [-0.1, -0.05) is 40.0 Å². The summed E-state index contributed by atoms with van der Waals surface area (Å²) in [5, 5.41) is 0. The molecule has 0 N–H and O–H groups in total. The molecule has 0 aliphatic heterocycles. The van der Waals surface area contributed by atoms with Crippen LogP contribution in [0.15, 0.2) is 0 Å². The molecule has 0 radical (unpaired) electrons. The SMILES string of the molecule is C1CC2CC2C1.CC(C)(C)C1CC2CC2C1. The molecule has 0 bridgehead atoms. The van der Waals surface area contributed by atoms with Crippen molar-refractivity contribution in [2.75, 3.05) is 0 Å². The molecule has 0 aromatic carbocycles. The second-order valence-corrected chi connectivity index (χ2v) is 7.98. The summed E-state index contributed by atoms with van der Waals surface area (Å²) in [6.45, 7) is 7.17. The predicted octanol–water partition coefficient (Wildman–Crippen LogP) is 4.89. The first-order valence-electron chi connectivity index (χ1n) is 7.54. The molecule has 0 heterocycles. The van der Waals surface area contributed by atoms with Crippen LogP contribution in [-0.4, -0.2) is 0 Å². The number of rotatable bonds is 0. The van der Waals surface area contributed by atoms with Gasteiger partial charge in [-0.15, -0.1) is 0 Å². The second-order valence-electron chi connectivity index (χ2n) is 7.98. The lowest BCUT2D eigenvalue weighted by atomic mass is 9.78. The topological polar surface area (TPSA) is 0 Å². The van der Waals surface area contributed by atoms with Gasteiger partial charge in [-0.3, -0.25) is 0 Å². The lowest BCUT2D eigenvalue weighted by Crippen LogP contribution is -2.18. The molecule has 4 atom stereocenters. The Morgan fingerprint density at radius 2 is 1.19 bits per heavy atom. The zero-order valence-electron chi connectivity index (χ0n) is 11.3. The van der Waals surface area contributed by atoms with E-state index < -0.39 is 0 Å². The Bertz CT molecular complexity index is 242. The molecule has 0 aromatic heterocycles. The first kappa shape index (κ1) is 11.1. The van der Waals surface area contributed by atoms with Gasteiger partial charge >= 0.3 is 0 Å². The normalized spacial score (nSPS) is 47.8. The van der Waals surface area contributed by atoms with Crippen LogP contribution in [0.25, 0.3) is 0 Å². The van der Waals surface area contributed by atoms with E-state index in [0.717, 1.165) is 17.8 Å². The van der Waals surface area contributed by atoms with Crippen LogP contribution >= 0.6 is 0 Å². The number of fused-ring (bicyclic) bond motifs is 2. The highest BCUT2D eigenvalue weighted by Crippen LogP contribution is 2.58. The third kappa shape index (κ3) is 2.31. The molecule has 4 saturated carbocycles. The molecule has 0 aromatic rings. The van der Waals surface area contributed by atoms with Gasteiger partial charge in [0.1, 0.15) is 0 Å². The largest absolute Gasteiger partial charge is 0.0599 e. The molecule has 4 aliphatic rings. The van der Waals surface area contributed by atoms with Crippen LogP contribution in [0.2, 0.25) is 0 Å². The summed E-state index contributed by atoms with van der Waals surface area (Å²) in [4.78, 5) is 0. The van der Waals surface area contributed by atoms with Crippen molar-refractivity contribution < 1.29 is 0 Å². The van der Waals surface area contributed by atoms with Gasteiger partial charge in [0, 0.05) is 0 Å². The van der Waals surface area contributed by atoms with Crippen LogP contribution in [0.4, 0.5) is 0 Å². The third-order valence-electron chi connectivity index (χ3n) is 5.69. The fourth-order valence-electron chi connectivity index (χ4n) is 4.08. The van der Waals surface area contributed by atoms with Crippen LogP contribution in [-0.2, 0) is 0 Å². The fraction of sp³-hybridized carbons (Fsp3) is 1.00. The van der Waals surface area contributed by atoms with Gasteiger partial charge in [0.25, 0.3) is 0 Å². The van der Waals surface area contributed by atoms with E-state index in [2.05, 4.69) is 20.8 Å². The first-order chi connectivity index (χ1) is 7.54. The summed E-state index contributed by atoms with van der Waals surface area (Å²) in [5.41, 5.74) is 0.591. The van der Waals surface area contributed by atoms with E-state index in [1.54, 1.807) is 25.7 Å². The maximum absolute atomic E-state index is 2.39. The molecule has 4 unspecified atom stereocenters. The molecule has 4 fully saturated rings. The fourth-order valence-corrected chi connectivity index (χ4v) is 4.08. The van der Waals surface area contributed by atoms with Crippen molar-refractivity contribution in [2.24, 2.45) is 35.0 Å². The Kier molecular flexibility index (Phi) is 2.60. The van der Waals surface area contributed by atoms with Gasteiger partial charge in [0.05, 0.1) is 0 Å². The first-order valence-corrected chi connectivity index (χ1v) is 7.54. The van der Waals surface area contributed by atoms with Gasteiger partial charge in [0.2, 0.25) is 0 Å². The Morgan fingerprint density at radius 3 is 1.44 bits per heavy atom. The van der Waals surface area contributed by atoms with E-state index in [4.69, 9.17) is 0 Å². The van der Waals surface area contributed by atoms with Crippen molar-refractivity contribution in [3.8, 4) is 0 Å². The van der Waals surface area contributed by atoms with Gasteiger partial charge in [-0.05, 0) is 60.7 Å². The van der Waals surface area contributed by atoms with Crippen molar-refractivity contribution in [1.29, 1.82) is 0 Å². The second kappa shape index (κ2) is 3.75. The Hall–Kier alpha value is 0. The standard InChI is InChI=1S/C10H18.C6H10/c1-10(2,3)9-5-7-4-8(7)6-9;1-2-5-4-6(5)3-1/h7-9H,4-6H2,1-3H3;5-6H,1-4H2. The van der Waals surface area contributed by atoms with Crippen molar-refractivity contribution in [3.63, 3.8) is 0 Å². The summed E-state index contributed by atoms with van der Waals surface area (Å²) in [7, 11) is 0. The summed E-state index contributed by atoms with van der Waals surface area (Å²) < 4.78 is 0. The minimum Gasteiger partial charge on any atom is -0.0599 e. The molecule has 16 heavy (non-hydrogen) atoms. The average molecular weight is 220 g/mol. The lowest BCUT2D eigenvalue weighted by Gasteiger charge is -2.27. The highest BCUT2D eigenvalue weighted by atomic mass is 14.5. The van der Waals surface area contributed by atoms with Crippen molar-refractivity contribution in [3.05, 3.63) is 0 Å². The maximum Gasteiger partial charge on any atom is -0.0354 e. The number of hydrogen-bond acceptors (Lipinski definition) is 0. The van der Waals surface area contributed by atoms with E-state index in [1.807, 2.05) is 0 Å². The Morgan fingerprint density at radius 1 is 0.688 bits per heavy atom. The Balaban J connectivity index is 0.000000114. The molecule has 0 amide bonds. The van der Waals surface area contributed by atoms with Crippen LogP contribution in [0.5, 0.6) is 0 Å². The highest BCUT2D eigenvalue weighted by Gasteiger charge is 2.48. The Labute approximate surface area is 101 Å². The molecule has 0 saturated heterocycles. The maximum atomic E-state index is 2.39. The molecule has 0 spiro atoms. The minimum atomic E-state index is 0.591. The molecular weight excluding hydrogens is 192 g/mol. The van der Waals surface area contributed by atoms with Gasteiger partial charge in [-0.2, -0.15) is 0 Å². The third-order valence-corrected chi connectivity index (χ3v) is 5.69. The van der Waals surface area contributed by atoms with E-state index in [-0.39, 0.29) is 0 Å². The molecule has 4 rings (SSSR count). The van der Waals surface area contributed by atoms with Crippen LogP contribution in [0, 0.1) is 35.0 Å².